The maximum Gasteiger partial charge on any atom is 0.129 e. The summed E-state index contributed by atoms with van der Waals surface area (Å²) in [5, 5.41) is 4.00. The molecule has 3 nitrogen and oxygen atoms in total. The zero-order valence-corrected chi connectivity index (χ0v) is 11.0. The van der Waals surface area contributed by atoms with E-state index in [0.717, 1.165) is 23.3 Å². The van der Waals surface area contributed by atoms with Gasteiger partial charge in [0.05, 0.1) is 22.4 Å². The zero-order valence-electron chi connectivity index (χ0n) is 9.43. The molecule has 18 heavy (non-hydrogen) atoms. The van der Waals surface area contributed by atoms with Gasteiger partial charge in [0.1, 0.15) is 11.0 Å². The third-order valence-electron chi connectivity index (χ3n) is 2.69. The van der Waals surface area contributed by atoms with Crippen LogP contribution in [-0.2, 0) is 6.54 Å². The lowest BCUT2D eigenvalue weighted by Gasteiger charge is -2.08. The van der Waals surface area contributed by atoms with Gasteiger partial charge in [-0.1, -0.05) is 41.9 Å². The summed E-state index contributed by atoms with van der Waals surface area (Å²) in [6, 6.07) is 13.9. The molecule has 1 aromatic heterocycles. The van der Waals surface area contributed by atoms with Crippen LogP contribution < -0.4 is 5.32 Å². The molecule has 0 unspecified atom stereocenters. The Balaban J connectivity index is 1.90. The molecule has 0 saturated carbocycles. The summed E-state index contributed by atoms with van der Waals surface area (Å²) < 4.78 is 8.48. The van der Waals surface area contributed by atoms with Gasteiger partial charge in [-0.25, -0.2) is 0 Å². The SMILES string of the molecule is Clc1ccc2nsnc2c1NCc1ccccc1. The topological polar surface area (TPSA) is 37.8 Å². The van der Waals surface area contributed by atoms with E-state index in [2.05, 4.69) is 26.2 Å². The van der Waals surface area contributed by atoms with Crippen molar-refractivity contribution in [2.45, 2.75) is 6.54 Å². The molecule has 5 heteroatoms. The van der Waals surface area contributed by atoms with E-state index in [1.54, 1.807) is 0 Å². The fourth-order valence-corrected chi connectivity index (χ4v) is 2.54. The summed E-state index contributed by atoms with van der Waals surface area (Å²) >= 11 is 7.40. The third kappa shape index (κ3) is 2.17. The fraction of sp³-hybridized carbons (Fsp3) is 0.0769. The minimum absolute atomic E-state index is 0.672. The number of benzene rings is 2. The van der Waals surface area contributed by atoms with Gasteiger partial charge in [0, 0.05) is 6.54 Å². The third-order valence-corrected chi connectivity index (χ3v) is 3.55. The summed E-state index contributed by atoms with van der Waals surface area (Å²) in [4.78, 5) is 0. The first-order chi connectivity index (χ1) is 8.84. The first-order valence-corrected chi connectivity index (χ1v) is 6.64. The second-order valence-electron chi connectivity index (χ2n) is 3.89. The Labute approximate surface area is 114 Å². The van der Waals surface area contributed by atoms with Crippen LogP contribution in [0.25, 0.3) is 11.0 Å². The minimum Gasteiger partial charge on any atom is -0.378 e. The molecule has 0 amide bonds. The Morgan fingerprint density at radius 3 is 2.72 bits per heavy atom. The van der Waals surface area contributed by atoms with Gasteiger partial charge < -0.3 is 5.32 Å². The molecule has 0 saturated heterocycles. The molecular formula is C13H10ClN3S. The number of aromatic nitrogens is 2. The van der Waals surface area contributed by atoms with Crippen molar-refractivity contribution in [3.8, 4) is 0 Å². The molecule has 0 radical (unpaired) electrons. The molecule has 1 heterocycles. The van der Waals surface area contributed by atoms with Crippen molar-refractivity contribution in [1.29, 1.82) is 0 Å². The van der Waals surface area contributed by atoms with Crippen molar-refractivity contribution in [3.05, 3.63) is 53.1 Å². The van der Waals surface area contributed by atoms with Gasteiger partial charge in [0.2, 0.25) is 0 Å². The van der Waals surface area contributed by atoms with Crippen molar-refractivity contribution >= 4 is 40.0 Å². The average molecular weight is 276 g/mol. The predicted octanol–water partition coefficient (Wildman–Crippen LogP) is 3.96. The predicted molar refractivity (Wildman–Crippen MR) is 76.2 cm³/mol. The van der Waals surface area contributed by atoms with E-state index in [-0.39, 0.29) is 0 Å². The van der Waals surface area contributed by atoms with Crippen molar-refractivity contribution < 1.29 is 0 Å². The average Bonchev–Trinajstić information content (AvgIpc) is 2.87. The lowest BCUT2D eigenvalue weighted by molar-refractivity contribution is 1.15. The van der Waals surface area contributed by atoms with E-state index in [4.69, 9.17) is 11.6 Å². The second-order valence-corrected chi connectivity index (χ2v) is 4.83. The molecule has 1 N–H and O–H groups in total. The smallest absolute Gasteiger partial charge is 0.129 e. The van der Waals surface area contributed by atoms with E-state index >= 15 is 0 Å². The van der Waals surface area contributed by atoms with Crippen LogP contribution in [0.4, 0.5) is 5.69 Å². The molecule has 0 atom stereocenters. The van der Waals surface area contributed by atoms with Crippen molar-refractivity contribution in [1.82, 2.24) is 8.75 Å². The quantitative estimate of drug-likeness (QED) is 0.786. The summed E-state index contributed by atoms with van der Waals surface area (Å²) in [7, 11) is 0. The second kappa shape index (κ2) is 4.92. The van der Waals surface area contributed by atoms with E-state index in [9.17, 15) is 0 Å². The van der Waals surface area contributed by atoms with Crippen LogP contribution in [0.1, 0.15) is 5.56 Å². The summed E-state index contributed by atoms with van der Waals surface area (Å²) in [6.45, 7) is 0.719. The fourth-order valence-electron chi connectivity index (χ4n) is 1.78. The maximum atomic E-state index is 6.20. The minimum atomic E-state index is 0.672. The van der Waals surface area contributed by atoms with Gasteiger partial charge in [-0.2, -0.15) is 8.75 Å². The number of fused-ring (bicyclic) bond motifs is 1. The molecule has 0 spiro atoms. The molecule has 0 aliphatic heterocycles. The van der Waals surface area contributed by atoms with Crippen LogP contribution in [0, 0.1) is 0 Å². The van der Waals surface area contributed by atoms with Gasteiger partial charge in [-0.3, -0.25) is 0 Å². The molecule has 3 aromatic rings. The van der Waals surface area contributed by atoms with Gasteiger partial charge >= 0.3 is 0 Å². The van der Waals surface area contributed by atoms with Crippen molar-refractivity contribution in [3.63, 3.8) is 0 Å². The largest absolute Gasteiger partial charge is 0.378 e. The number of rotatable bonds is 3. The van der Waals surface area contributed by atoms with Crippen LogP contribution in [0.15, 0.2) is 42.5 Å². The highest BCUT2D eigenvalue weighted by atomic mass is 35.5. The Bertz CT molecular complexity index is 666. The van der Waals surface area contributed by atoms with E-state index in [1.165, 1.54) is 17.3 Å². The number of anilines is 1. The number of hydrogen-bond acceptors (Lipinski definition) is 4. The number of halogens is 1. The van der Waals surface area contributed by atoms with Crippen LogP contribution in [-0.4, -0.2) is 8.75 Å². The summed E-state index contributed by atoms with van der Waals surface area (Å²) in [5.74, 6) is 0. The molecule has 0 aliphatic carbocycles. The van der Waals surface area contributed by atoms with Gasteiger partial charge in [0.15, 0.2) is 0 Å². The van der Waals surface area contributed by atoms with Crippen molar-refractivity contribution in [2.75, 3.05) is 5.32 Å². The molecule has 0 bridgehead atoms. The highest BCUT2D eigenvalue weighted by Gasteiger charge is 2.09. The van der Waals surface area contributed by atoms with E-state index in [0.29, 0.717) is 5.02 Å². The van der Waals surface area contributed by atoms with E-state index < -0.39 is 0 Å². The normalized spacial score (nSPS) is 10.7. The standard InChI is InChI=1S/C13H10ClN3S/c14-10-6-7-11-13(17-18-16-11)12(10)15-8-9-4-2-1-3-5-9/h1-7,15H,8H2. The molecule has 2 aromatic carbocycles. The number of nitrogens with zero attached hydrogens (tertiary/aromatic N) is 2. The summed E-state index contributed by atoms with van der Waals surface area (Å²) in [5.41, 5.74) is 3.77. The molecule has 3 rings (SSSR count). The maximum absolute atomic E-state index is 6.20. The van der Waals surface area contributed by atoms with Crippen LogP contribution in [0.3, 0.4) is 0 Å². The molecular weight excluding hydrogens is 266 g/mol. The highest BCUT2D eigenvalue weighted by molar-refractivity contribution is 7.00. The Hall–Kier alpha value is -1.65. The lowest BCUT2D eigenvalue weighted by Crippen LogP contribution is -2.00. The monoisotopic (exact) mass is 275 g/mol. The zero-order chi connectivity index (χ0) is 12.4. The number of nitrogens with one attached hydrogen (secondary N) is 1. The first-order valence-electron chi connectivity index (χ1n) is 5.53. The first kappa shape index (κ1) is 11.4. The molecule has 0 fully saturated rings. The van der Waals surface area contributed by atoms with Gasteiger partial charge in [0.25, 0.3) is 0 Å². The highest BCUT2D eigenvalue weighted by Crippen LogP contribution is 2.30. The van der Waals surface area contributed by atoms with Crippen LogP contribution in [0.2, 0.25) is 5.02 Å². The van der Waals surface area contributed by atoms with E-state index in [1.807, 2.05) is 30.3 Å². The van der Waals surface area contributed by atoms with Gasteiger partial charge in [-0.05, 0) is 17.7 Å². The van der Waals surface area contributed by atoms with Crippen LogP contribution >= 0.6 is 23.3 Å². The Morgan fingerprint density at radius 1 is 1.06 bits per heavy atom. The Kier molecular flexibility index (Phi) is 3.13. The Morgan fingerprint density at radius 2 is 1.89 bits per heavy atom. The molecule has 0 aliphatic rings. The van der Waals surface area contributed by atoms with Crippen LogP contribution in [0.5, 0.6) is 0 Å². The lowest BCUT2D eigenvalue weighted by atomic mass is 10.2. The number of hydrogen-bond donors (Lipinski definition) is 1. The molecule has 90 valence electrons. The van der Waals surface area contributed by atoms with Crippen molar-refractivity contribution in [2.24, 2.45) is 0 Å². The summed E-state index contributed by atoms with van der Waals surface area (Å²) in [6.07, 6.45) is 0. The van der Waals surface area contributed by atoms with Gasteiger partial charge in [-0.15, -0.1) is 0 Å².